The summed E-state index contributed by atoms with van der Waals surface area (Å²) in [5.41, 5.74) is 2.18. The topological polar surface area (TPSA) is 124 Å². The zero-order valence-electron chi connectivity index (χ0n) is 14.4. The van der Waals surface area contributed by atoms with Gasteiger partial charge in [0, 0.05) is 23.9 Å². The van der Waals surface area contributed by atoms with E-state index in [4.69, 9.17) is 4.74 Å². The maximum absolute atomic E-state index is 11.8. The Hall–Kier alpha value is -4.14. The van der Waals surface area contributed by atoms with Crippen LogP contribution in [0.1, 0.15) is 5.69 Å². The number of nitro groups is 1. The third kappa shape index (κ3) is 4.94. The van der Waals surface area contributed by atoms with Crippen LogP contribution in [0.5, 0.6) is 0 Å². The molecule has 3 rings (SSSR count). The summed E-state index contributed by atoms with van der Waals surface area (Å²) in [7, 11) is 0. The van der Waals surface area contributed by atoms with Crippen LogP contribution in [-0.4, -0.2) is 33.4 Å². The van der Waals surface area contributed by atoms with Gasteiger partial charge in [-0.3, -0.25) is 19.9 Å². The van der Waals surface area contributed by atoms with Crippen molar-refractivity contribution >= 4 is 40.4 Å². The highest BCUT2D eigenvalue weighted by atomic mass is 16.6. The number of hydrogen-bond acceptors (Lipinski definition) is 7. The van der Waals surface area contributed by atoms with E-state index >= 15 is 0 Å². The van der Waals surface area contributed by atoms with E-state index in [-0.39, 0.29) is 5.69 Å². The summed E-state index contributed by atoms with van der Waals surface area (Å²) in [6.07, 6.45) is 4.11. The molecule has 0 aliphatic heterocycles. The minimum Gasteiger partial charge on any atom is -0.452 e. The number of ether oxygens (including phenoxy) is 1. The lowest BCUT2D eigenvalue weighted by Crippen LogP contribution is -2.20. The summed E-state index contributed by atoms with van der Waals surface area (Å²) in [5, 5.41) is 13.1. The van der Waals surface area contributed by atoms with Crippen LogP contribution in [-0.2, 0) is 14.3 Å². The lowest BCUT2D eigenvalue weighted by Gasteiger charge is -2.05. The van der Waals surface area contributed by atoms with Gasteiger partial charge < -0.3 is 10.1 Å². The van der Waals surface area contributed by atoms with Gasteiger partial charge in [0.15, 0.2) is 6.61 Å². The number of hydrogen-bond donors (Lipinski definition) is 1. The van der Waals surface area contributed by atoms with Gasteiger partial charge in [-0.15, -0.1) is 0 Å². The van der Waals surface area contributed by atoms with Gasteiger partial charge in [-0.2, -0.15) is 0 Å². The van der Waals surface area contributed by atoms with E-state index in [9.17, 15) is 19.7 Å². The van der Waals surface area contributed by atoms with Crippen LogP contribution in [0.4, 0.5) is 11.4 Å². The number of non-ortho nitro benzene ring substituents is 1. The van der Waals surface area contributed by atoms with Crippen molar-refractivity contribution in [2.45, 2.75) is 0 Å². The minimum absolute atomic E-state index is 0.0913. The van der Waals surface area contributed by atoms with Crippen molar-refractivity contribution in [3.05, 3.63) is 76.6 Å². The van der Waals surface area contributed by atoms with E-state index in [2.05, 4.69) is 15.3 Å². The number of carbonyl (C=O) groups is 2. The highest BCUT2D eigenvalue weighted by Crippen LogP contribution is 2.15. The van der Waals surface area contributed by atoms with Gasteiger partial charge in [0.2, 0.25) is 0 Å². The van der Waals surface area contributed by atoms with Gasteiger partial charge in [0.25, 0.3) is 11.6 Å². The van der Waals surface area contributed by atoms with Crippen LogP contribution in [0.25, 0.3) is 17.1 Å². The van der Waals surface area contributed by atoms with Crippen molar-refractivity contribution in [3.8, 4) is 0 Å². The monoisotopic (exact) mass is 378 g/mol. The van der Waals surface area contributed by atoms with Crippen LogP contribution in [0.3, 0.4) is 0 Å². The zero-order valence-corrected chi connectivity index (χ0v) is 14.4. The molecular weight excluding hydrogens is 364 g/mol. The van der Waals surface area contributed by atoms with E-state index < -0.39 is 23.4 Å². The molecule has 28 heavy (non-hydrogen) atoms. The molecular formula is C19H14N4O5. The Labute approximate surface area is 158 Å². The smallest absolute Gasteiger partial charge is 0.331 e. The third-order valence-corrected chi connectivity index (χ3v) is 3.56. The molecule has 2 aromatic carbocycles. The first-order valence-corrected chi connectivity index (χ1v) is 8.12. The van der Waals surface area contributed by atoms with Crippen molar-refractivity contribution in [1.82, 2.24) is 9.97 Å². The number of anilines is 1. The molecule has 0 fully saturated rings. The molecule has 0 saturated carbocycles. The summed E-state index contributed by atoms with van der Waals surface area (Å²) in [4.78, 5) is 42.1. The molecule has 9 heteroatoms. The lowest BCUT2D eigenvalue weighted by atomic mass is 10.3. The second-order valence-corrected chi connectivity index (χ2v) is 5.58. The molecule has 0 unspecified atom stereocenters. The second-order valence-electron chi connectivity index (χ2n) is 5.58. The van der Waals surface area contributed by atoms with Gasteiger partial charge in [-0.05, 0) is 30.3 Å². The van der Waals surface area contributed by atoms with Crippen LogP contribution < -0.4 is 5.32 Å². The molecule has 3 aromatic rings. The Morgan fingerprint density at radius 3 is 2.54 bits per heavy atom. The number of nitro benzene ring substituents is 1. The predicted octanol–water partition coefficient (Wildman–Crippen LogP) is 2.73. The highest BCUT2D eigenvalue weighted by Gasteiger charge is 2.08. The maximum Gasteiger partial charge on any atom is 0.331 e. The minimum atomic E-state index is -0.714. The Morgan fingerprint density at radius 2 is 1.82 bits per heavy atom. The van der Waals surface area contributed by atoms with Crippen molar-refractivity contribution in [1.29, 1.82) is 0 Å². The standard InChI is InChI=1S/C19H14N4O5/c24-18(22-13-5-8-15(9-6-13)23(26)27)12-28-19(25)10-7-14-11-20-16-3-1-2-4-17(16)21-14/h1-11H,12H2,(H,22,24)/b10-7+. The molecule has 140 valence electrons. The van der Waals surface area contributed by atoms with E-state index in [1.54, 1.807) is 6.07 Å². The van der Waals surface area contributed by atoms with E-state index in [0.717, 1.165) is 11.6 Å². The third-order valence-electron chi connectivity index (χ3n) is 3.56. The Kier molecular flexibility index (Phi) is 5.66. The number of para-hydroxylation sites is 2. The average Bonchev–Trinajstić information content (AvgIpc) is 2.71. The number of rotatable bonds is 6. The molecule has 0 aliphatic rings. The van der Waals surface area contributed by atoms with Crippen molar-refractivity contribution < 1.29 is 19.2 Å². The highest BCUT2D eigenvalue weighted by molar-refractivity contribution is 5.94. The average molecular weight is 378 g/mol. The zero-order chi connectivity index (χ0) is 19.9. The molecule has 1 heterocycles. The lowest BCUT2D eigenvalue weighted by molar-refractivity contribution is -0.384. The number of amides is 1. The number of carbonyl (C=O) groups excluding carboxylic acids is 2. The number of esters is 1. The normalized spacial score (nSPS) is 10.7. The largest absolute Gasteiger partial charge is 0.452 e. The summed E-state index contributed by atoms with van der Waals surface area (Å²) < 4.78 is 4.85. The molecule has 0 aliphatic carbocycles. The number of benzene rings is 2. The molecule has 1 amide bonds. The van der Waals surface area contributed by atoms with Gasteiger partial charge in [0.1, 0.15) is 0 Å². The first-order valence-electron chi connectivity index (χ1n) is 8.12. The fourth-order valence-electron chi connectivity index (χ4n) is 2.25. The molecule has 0 spiro atoms. The molecule has 0 saturated heterocycles. The maximum atomic E-state index is 11.8. The number of nitrogens with zero attached hydrogens (tertiary/aromatic N) is 3. The summed E-state index contributed by atoms with van der Waals surface area (Å²) in [6, 6.07) is 12.6. The fourth-order valence-corrected chi connectivity index (χ4v) is 2.25. The number of aromatic nitrogens is 2. The number of fused-ring (bicyclic) bond motifs is 1. The predicted molar refractivity (Wildman–Crippen MR) is 101 cm³/mol. The molecule has 0 bridgehead atoms. The SMILES string of the molecule is O=C(COC(=O)/C=C/c1cnc2ccccc2n1)Nc1ccc([N+](=O)[O-])cc1. The molecule has 9 nitrogen and oxygen atoms in total. The second kappa shape index (κ2) is 8.49. The van der Waals surface area contributed by atoms with Crippen LogP contribution in [0, 0.1) is 10.1 Å². The van der Waals surface area contributed by atoms with Crippen LogP contribution >= 0.6 is 0 Å². The fraction of sp³-hybridized carbons (Fsp3) is 0.0526. The Bertz CT molecular complexity index is 1060. The first kappa shape index (κ1) is 18.6. The van der Waals surface area contributed by atoms with Gasteiger partial charge in [0.05, 0.1) is 27.8 Å². The van der Waals surface area contributed by atoms with Crippen molar-refractivity contribution in [2.75, 3.05) is 11.9 Å². The summed E-state index contributed by atoms with van der Waals surface area (Å²) >= 11 is 0. The first-order chi connectivity index (χ1) is 13.5. The Morgan fingerprint density at radius 1 is 1.11 bits per heavy atom. The quantitative estimate of drug-likeness (QED) is 0.303. The van der Waals surface area contributed by atoms with Gasteiger partial charge >= 0.3 is 5.97 Å². The summed E-state index contributed by atoms with van der Waals surface area (Å²) in [6.45, 7) is -0.496. The van der Waals surface area contributed by atoms with E-state index in [1.165, 1.54) is 36.5 Å². The number of nitrogens with one attached hydrogen (secondary N) is 1. The van der Waals surface area contributed by atoms with Crippen LogP contribution in [0.2, 0.25) is 0 Å². The van der Waals surface area contributed by atoms with Gasteiger partial charge in [-0.25, -0.2) is 9.78 Å². The molecule has 0 radical (unpaired) electrons. The van der Waals surface area contributed by atoms with Crippen LogP contribution in [0.15, 0.2) is 60.8 Å². The van der Waals surface area contributed by atoms with Crippen molar-refractivity contribution in [3.63, 3.8) is 0 Å². The molecule has 1 N–H and O–H groups in total. The molecule has 0 atom stereocenters. The summed E-state index contributed by atoms with van der Waals surface area (Å²) in [5.74, 6) is -1.28. The van der Waals surface area contributed by atoms with Crippen molar-refractivity contribution in [2.24, 2.45) is 0 Å². The Balaban J connectivity index is 1.50. The van der Waals surface area contributed by atoms with Gasteiger partial charge in [-0.1, -0.05) is 12.1 Å². The van der Waals surface area contributed by atoms with E-state index in [1.807, 2.05) is 18.2 Å². The van der Waals surface area contributed by atoms with E-state index in [0.29, 0.717) is 16.9 Å². The molecule has 1 aromatic heterocycles.